The fraction of sp³-hybridized carbons (Fsp3) is 0.0870. The first kappa shape index (κ1) is 23.3. The van der Waals surface area contributed by atoms with Crippen molar-refractivity contribution in [2.24, 2.45) is 5.73 Å². The highest BCUT2D eigenvalue weighted by atomic mass is 32.2. The van der Waals surface area contributed by atoms with Crippen molar-refractivity contribution < 1.29 is 14.4 Å². The first-order chi connectivity index (χ1) is 15.8. The normalized spacial score (nSPS) is 11.2. The second-order valence-corrected chi connectivity index (χ2v) is 8.23. The van der Waals surface area contributed by atoms with Gasteiger partial charge in [-0.05, 0) is 49.4 Å². The van der Waals surface area contributed by atoms with E-state index in [0.29, 0.717) is 16.9 Å². The quantitative estimate of drug-likeness (QED) is 0.394. The zero-order valence-corrected chi connectivity index (χ0v) is 18.3. The monoisotopic (exact) mass is 460 g/mol. The Kier molecular flexibility index (Phi) is 7.27. The van der Waals surface area contributed by atoms with Crippen LogP contribution in [0.5, 0.6) is 0 Å². The molecule has 166 valence electrons. The number of benzene rings is 2. The van der Waals surface area contributed by atoms with Gasteiger partial charge < -0.3 is 22.1 Å². The standard InChI is InChI=1S/C23H20N6O3S/c1-13(21(31)27-17-9-7-14(8-10-17)20(26)30)33-23-15(12-24)11-18(19(25)29-23)22(32)28-16-5-3-2-4-6-16/h2-11,13H,1H3,(H2,25,29)(H2,26,30)(H,27,31)(H,28,32). The van der Waals surface area contributed by atoms with Gasteiger partial charge in [0.1, 0.15) is 16.9 Å². The summed E-state index contributed by atoms with van der Waals surface area (Å²) in [5, 5.41) is 14.6. The third-order valence-corrected chi connectivity index (χ3v) is 5.61. The molecular formula is C23H20N6O3S. The molecule has 1 heterocycles. The number of nitriles is 1. The molecule has 0 bridgehead atoms. The molecule has 1 aromatic heterocycles. The molecule has 0 fully saturated rings. The van der Waals surface area contributed by atoms with Crippen molar-refractivity contribution in [2.75, 3.05) is 16.4 Å². The van der Waals surface area contributed by atoms with E-state index in [0.717, 1.165) is 11.8 Å². The molecule has 9 nitrogen and oxygen atoms in total. The number of primary amides is 1. The predicted octanol–water partition coefficient (Wildman–Crippen LogP) is 3.01. The highest BCUT2D eigenvalue weighted by molar-refractivity contribution is 8.00. The number of nitrogens with zero attached hydrogens (tertiary/aromatic N) is 2. The summed E-state index contributed by atoms with van der Waals surface area (Å²) in [4.78, 5) is 40.5. The lowest BCUT2D eigenvalue weighted by molar-refractivity contribution is -0.115. The predicted molar refractivity (Wildman–Crippen MR) is 127 cm³/mol. The van der Waals surface area contributed by atoms with Gasteiger partial charge in [-0.15, -0.1) is 0 Å². The maximum Gasteiger partial charge on any atom is 0.259 e. The van der Waals surface area contributed by atoms with Crippen molar-refractivity contribution >= 4 is 46.7 Å². The zero-order valence-electron chi connectivity index (χ0n) is 17.5. The van der Waals surface area contributed by atoms with Crippen LogP contribution in [0, 0.1) is 11.3 Å². The lowest BCUT2D eigenvalue weighted by Gasteiger charge is -2.14. The smallest absolute Gasteiger partial charge is 0.259 e. The summed E-state index contributed by atoms with van der Waals surface area (Å²) < 4.78 is 0. The van der Waals surface area contributed by atoms with E-state index >= 15 is 0 Å². The SMILES string of the molecule is CC(Sc1nc(N)c(C(=O)Nc2ccccc2)cc1C#N)C(=O)Nc1ccc(C(N)=O)cc1. The number of amides is 3. The Bertz CT molecular complexity index is 1240. The van der Waals surface area contributed by atoms with E-state index in [1.807, 2.05) is 12.1 Å². The van der Waals surface area contributed by atoms with Crippen molar-refractivity contribution in [3.63, 3.8) is 0 Å². The van der Waals surface area contributed by atoms with Crippen LogP contribution in [0.1, 0.15) is 33.2 Å². The molecule has 0 spiro atoms. The maximum absolute atomic E-state index is 12.6. The Morgan fingerprint density at radius 2 is 1.67 bits per heavy atom. The van der Waals surface area contributed by atoms with Gasteiger partial charge in [0.15, 0.2) is 0 Å². The number of carbonyl (C=O) groups excluding carboxylic acids is 3. The molecule has 2 aromatic carbocycles. The van der Waals surface area contributed by atoms with E-state index in [9.17, 15) is 19.6 Å². The van der Waals surface area contributed by atoms with Gasteiger partial charge in [0, 0.05) is 16.9 Å². The number of nitrogens with two attached hydrogens (primary N) is 2. The van der Waals surface area contributed by atoms with Crippen molar-refractivity contribution in [1.29, 1.82) is 5.26 Å². The van der Waals surface area contributed by atoms with Crippen LogP contribution in [0.2, 0.25) is 0 Å². The number of para-hydroxylation sites is 1. The topological polar surface area (TPSA) is 164 Å². The Morgan fingerprint density at radius 1 is 1.03 bits per heavy atom. The fourth-order valence-corrected chi connectivity index (χ4v) is 3.65. The average molecular weight is 461 g/mol. The number of nitrogens with one attached hydrogen (secondary N) is 2. The van der Waals surface area contributed by atoms with Gasteiger partial charge in [0.25, 0.3) is 5.91 Å². The van der Waals surface area contributed by atoms with Crippen molar-refractivity contribution in [3.8, 4) is 6.07 Å². The van der Waals surface area contributed by atoms with Crippen LogP contribution in [0.4, 0.5) is 17.2 Å². The third kappa shape index (κ3) is 5.87. The van der Waals surface area contributed by atoms with Gasteiger partial charge in [-0.3, -0.25) is 14.4 Å². The fourth-order valence-electron chi connectivity index (χ4n) is 2.76. The Labute approximate surface area is 194 Å². The summed E-state index contributed by atoms with van der Waals surface area (Å²) in [6, 6.07) is 18.3. The van der Waals surface area contributed by atoms with Crippen LogP contribution in [-0.2, 0) is 4.79 Å². The van der Waals surface area contributed by atoms with E-state index < -0.39 is 17.1 Å². The minimum Gasteiger partial charge on any atom is -0.383 e. The average Bonchev–Trinajstić information content (AvgIpc) is 2.80. The summed E-state index contributed by atoms with van der Waals surface area (Å²) in [6.45, 7) is 1.65. The Morgan fingerprint density at radius 3 is 2.27 bits per heavy atom. The lowest BCUT2D eigenvalue weighted by atomic mass is 10.2. The summed E-state index contributed by atoms with van der Waals surface area (Å²) in [6.07, 6.45) is 0. The molecule has 1 unspecified atom stereocenters. The largest absolute Gasteiger partial charge is 0.383 e. The summed E-state index contributed by atoms with van der Waals surface area (Å²) in [5.41, 5.74) is 12.8. The molecule has 33 heavy (non-hydrogen) atoms. The molecule has 0 aliphatic rings. The van der Waals surface area contributed by atoms with E-state index in [4.69, 9.17) is 11.5 Å². The highest BCUT2D eigenvalue weighted by Crippen LogP contribution is 2.28. The third-order valence-electron chi connectivity index (χ3n) is 4.51. The number of carbonyl (C=O) groups is 3. The van der Waals surface area contributed by atoms with Gasteiger partial charge in [-0.2, -0.15) is 5.26 Å². The molecular weight excluding hydrogens is 440 g/mol. The number of hydrogen-bond acceptors (Lipinski definition) is 7. The lowest BCUT2D eigenvalue weighted by Crippen LogP contribution is -2.23. The molecule has 6 N–H and O–H groups in total. The first-order valence-corrected chi connectivity index (χ1v) is 10.6. The molecule has 3 aromatic rings. The molecule has 0 aliphatic carbocycles. The van der Waals surface area contributed by atoms with Gasteiger partial charge >= 0.3 is 0 Å². The molecule has 0 saturated carbocycles. The van der Waals surface area contributed by atoms with Gasteiger partial charge in [-0.25, -0.2) is 4.98 Å². The van der Waals surface area contributed by atoms with Crippen molar-refractivity contribution in [2.45, 2.75) is 17.2 Å². The highest BCUT2D eigenvalue weighted by Gasteiger charge is 2.21. The van der Waals surface area contributed by atoms with Crippen molar-refractivity contribution in [1.82, 2.24) is 4.98 Å². The minimum atomic E-state index is -0.635. The summed E-state index contributed by atoms with van der Waals surface area (Å²) in [7, 11) is 0. The summed E-state index contributed by atoms with van der Waals surface area (Å²) in [5.74, 6) is -1.46. The Hall–Kier alpha value is -4.36. The van der Waals surface area contributed by atoms with Gasteiger partial charge in [0.05, 0.1) is 16.4 Å². The minimum absolute atomic E-state index is 0.0559. The molecule has 1 atom stereocenters. The first-order valence-electron chi connectivity index (χ1n) is 9.73. The number of aromatic nitrogens is 1. The van der Waals surface area contributed by atoms with Crippen LogP contribution < -0.4 is 22.1 Å². The molecule has 0 radical (unpaired) electrons. The van der Waals surface area contributed by atoms with Gasteiger partial charge in [0.2, 0.25) is 11.8 Å². The number of anilines is 3. The molecule has 10 heteroatoms. The maximum atomic E-state index is 12.6. The number of rotatable bonds is 7. The molecule has 0 aliphatic heterocycles. The second-order valence-electron chi connectivity index (χ2n) is 6.90. The van der Waals surface area contributed by atoms with Crippen LogP contribution >= 0.6 is 11.8 Å². The molecule has 3 rings (SSSR count). The van der Waals surface area contributed by atoms with E-state index in [1.165, 1.54) is 18.2 Å². The van der Waals surface area contributed by atoms with Crippen LogP contribution in [0.3, 0.4) is 0 Å². The zero-order chi connectivity index (χ0) is 24.0. The van der Waals surface area contributed by atoms with Crippen LogP contribution in [0.15, 0.2) is 65.7 Å². The Balaban J connectivity index is 1.72. The number of thioether (sulfide) groups is 1. The van der Waals surface area contributed by atoms with Crippen molar-refractivity contribution in [3.05, 3.63) is 77.4 Å². The molecule has 3 amide bonds. The van der Waals surface area contributed by atoms with E-state index in [1.54, 1.807) is 43.3 Å². The summed E-state index contributed by atoms with van der Waals surface area (Å²) >= 11 is 1.04. The van der Waals surface area contributed by atoms with Gasteiger partial charge in [-0.1, -0.05) is 30.0 Å². The molecule has 0 saturated heterocycles. The van der Waals surface area contributed by atoms with Crippen LogP contribution in [0.25, 0.3) is 0 Å². The number of hydrogen-bond donors (Lipinski definition) is 4. The number of pyridine rings is 1. The number of nitrogen functional groups attached to an aromatic ring is 1. The van der Waals surface area contributed by atoms with Crippen LogP contribution in [-0.4, -0.2) is 28.0 Å². The van der Waals surface area contributed by atoms with E-state index in [-0.39, 0.29) is 27.9 Å². The van der Waals surface area contributed by atoms with E-state index in [2.05, 4.69) is 15.6 Å². The second kappa shape index (κ2) is 10.3.